The minimum Gasteiger partial charge on any atom is -0.504 e. The third-order valence-corrected chi connectivity index (χ3v) is 4.37. The van der Waals surface area contributed by atoms with Crippen LogP contribution in [0.2, 0.25) is 0 Å². The smallest absolute Gasteiger partial charge is 0.227 e. The first-order valence-electron chi connectivity index (χ1n) is 8.63. The van der Waals surface area contributed by atoms with E-state index in [9.17, 15) is 15.3 Å². The molecule has 0 aliphatic rings. The first-order valence-corrected chi connectivity index (χ1v) is 8.63. The standard InChI is InChI=1S/C17H23N7O3/c1-8(2)11(7-25)19-17-20-15(14-16(21-17)23-24-22-14)18-9(3)10-4-5-12(26)13(27)6-10/h4-6,8-9,11,25-27H,7H2,1-3H3,(H3,18,19,20,21,22,23,24)/t9?,11-/m0/s1. The van der Waals surface area contributed by atoms with Crippen molar-refractivity contribution in [3.63, 3.8) is 0 Å². The molecule has 10 nitrogen and oxygen atoms in total. The second-order valence-corrected chi connectivity index (χ2v) is 6.70. The number of rotatable bonds is 7. The van der Waals surface area contributed by atoms with E-state index >= 15 is 0 Å². The fourth-order valence-corrected chi connectivity index (χ4v) is 2.60. The maximum Gasteiger partial charge on any atom is 0.227 e. The van der Waals surface area contributed by atoms with Gasteiger partial charge < -0.3 is 26.0 Å². The van der Waals surface area contributed by atoms with Crippen LogP contribution in [0, 0.1) is 5.92 Å². The fraction of sp³-hybridized carbons (Fsp3) is 0.412. The van der Waals surface area contributed by atoms with Crippen molar-refractivity contribution in [1.82, 2.24) is 25.4 Å². The van der Waals surface area contributed by atoms with E-state index in [1.165, 1.54) is 12.1 Å². The molecule has 0 saturated carbocycles. The summed E-state index contributed by atoms with van der Waals surface area (Å²) in [6, 6.07) is 4.18. The number of nitrogens with one attached hydrogen (secondary N) is 3. The summed E-state index contributed by atoms with van der Waals surface area (Å²) in [7, 11) is 0. The molecule has 27 heavy (non-hydrogen) atoms. The predicted octanol–water partition coefficient (Wildman–Crippen LogP) is 1.76. The molecule has 0 aliphatic carbocycles. The first-order chi connectivity index (χ1) is 12.9. The first kappa shape index (κ1) is 18.6. The Morgan fingerprint density at radius 1 is 1.07 bits per heavy atom. The number of benzene rings is 1. The van der Waals surface area contributed by atoms with Gasteiger partial charge in [-0.1, -0.05) is 25.1 Å². The summed E-state index contributed by atoms with van der Waals surface area (Å²) in [5, 5.41) is 45.6. The highest BCUT2D eigenvalue weighted by Crippen LogP contribution is 2.30. The summed E-state index contributed by atoms with van der Waals surface area (Å²) in [6.07, 6.45) is 0. The SMILES string of the molecule is CC(Nc1nc(N[C@@H](CO)C(C)C)nc2nn[nH]c12)c1ccc(O)c(O)c1. The van der Waals surface area contributed by atoms with E-state index in [0.29, 0.717) is 22.9 Å². The lowest BCUT2D eigenvalue weighted by molar-refractivity contribution is 0.248. The number of fused-ring (bicyclic) bond motifs is 1. The zero-order chi connectivity index (χ0) is 19.6. The lowest BCUT2D eigenvalue weighted by atomic mass is 10.1. The number of aromatic amines is 1. The minimum absolute atomic E-state index is 0.0518. The average molecular weight is 373 g/mol. The van der Waals surface area contributed by atoms with Crippen LogP contribution in [0.15, 0.2) is 18.2 Å². The van der Waals surface area contributed by atoms with Crippen LogP contribution in [0.25, 0.3) is 11.2 Å². The number of aliphatic hydroxyl groups is 1. The van der Waals surface area contributed by atoms with E-state index in [4.69, 9.17) is 0 Å². The Bertz CT molecular complexity index is 928. The number of anilines is 2. The van der Waals surface area contributed by atoms with Crippen LogP contribution in [0.3, 0.4) is 0 Å². The summed E-state index contributed by atoms with van der Waals surface area (Å²) in [4.78, 5) is 8.80. The number of hydrogen-bond acceptors (Lipinski definition) is 9. The Balaban J connectivity index is 1.90. The highest BCUT2D eigenvalue weighted by Gasteiger charge is 2.18. The molecule has 6 N–H and O–H groups in total. The molecule has 10 heteroatoms. The van der Waals surface area contributed by atoms with Gasteiger partial charge in [0.25, 0.3) is 0 Å². The molecule has 0 aliphatic heterocycles. The molecule has 0 bridgehead atoms. The normalized spacial score (nSPS) is 13.7. The Morgan fingerprint density at radius 3 is 2.52 bits per heavy atom. The predicted molar refractivity (Wildman–Crippen MR) is 101 cm³/mol. The van der Waals surface area contributed by atoms with Crippen LogP contribution in [-0.4, -0.2) is 53.3 Å². The summed E-state index contributed by atoms with van der Waals surface area (Å²) in [5.74, 6) is 0.618. The van der Waals surface area contributed by atoms with Gasteiger partial charge in [-0.15, -0.1) is 5.10 Å². The van der Waals surface area contributed by atoms with E-state index in [1.54, 1.807) is 6.07 Å². The van der Waals surface area contributed by atoms with Crippen molar-refractivity contribution in [2.75, 3.05) is 17.2 Å². The highest BCUT2D eigenvalue weighted by atomic mass is 16.3. The van der Waals surface area contributed by atoms with Crippen molar-refractivity contribution in [2.24, 2.45) is 5.92 Å². The second-order valence-electron chi connectivity index (χ2n) is 6.70. The molecule has 0 spiro atoms. The van der Waals surface area contributed by atoms with Gasteiger partial charge in [-0.2, -0.15) is 9.97 Å². The quantitative estimate of drug-likeness (QED) is 0.340. The number of aliphatic hydroxyl groups excluding tert-OH is 1. The number of aromatic hydroxyl groups is 2. The Labute approximate surface area is 155 Å². The Hall–Kier alpha value is -3.14. The third-order valence-electron chi connectivity index (χ3n) is 4.37. The van der Waals surface area contributed by atoms with Gasteiger partial charge >= 0.3 is 0 Å². The van der Waals surface area contributed by atoms with Crippen molar-refractivity contribution < 1.29 is 15.3 Å². The van der Waals surface area contributed by atoms with Crippen LogP contribution in [0.4, 0.5) is 11.8 Å². The van der Waals surface area contributed by atoms with Gasteiger partial charge in [0.1, 0.15) is 5.52 Å². The molecule has 0 radical (unpaired) electrons. The highest BCUT2D eigenvalue weighted by molar-refractivity contribution is 5.83. The number of phenols is 2. The summed E-state index contributed by atoms with van der Waals surface area (Å²) in [5.41, 5.74) is 1.69. The van der Waals surface area contributed by atoms with E-state index in [-0.39, 0.29) is 36.1 Å². The minimum atomic E-state index is -0.232. The largest absolute Gasteiger partial charge is 0.504 e. The van der Waals surface area contributed by atoms with Gasteiger partial charge in [0, 0.05) is 0 Å². The average Bonchev–Trinajstić information content (AvgIpc) is 3.10. The van der Waals surface area contributed by atoms with E-state index in [0.717, 1.165) is 5.56 Å². The maximum atomic E-state index is 9.71. The molecule has 3 rings (SSSR count). The molecule has 0 saturated heterocycles. The van der Waals surface area contributed by atoms with Gasteiger partial charge in [0.05, 0.1) is 18.7 Å². The van der Waals surface area contributed by atoms with Crippen molar-refractivity contribution >= 4 is 22.9 Å². The summed E-state index contributed by atoms with van der Waals surface area (Å²) in [6.45, 7) is 5.81. The van der Waals surface area contributed by atoms with Crippen LogP contribution in [-0.2, 0) is 0 Å². The third kappa shape index (κ3) is 4.00. The van der Waals surface area contributed by atoms with Crippen LogP contribution < -0.4 is 10.6 Å². The van der Waals surface area contributed by atoms with Crippen LogP contribution >= 0.6 is 0 Å². The zero-order valence-electron chi connectivity index (χ0n) is 15.3. The molecule has 2 aromatic heterocycles. The van der Waals surface area contributed by atoms with Crippen molar-refractivity contribution in [3.8, 4) is 11.5 Å². The second kappa shape index (κ2) is 7.62. The molecule has 0 fully saturated rings. The summed E-state index contributed by atoms with van der Waals surface area (Å²) < 4.78 is 0. The Morgan fingerprint density at radius 2 is 1.85 bits per heavy atom. The molecule has 1 aromatic carbocycles. The fourth-order valence-electron chi connectivity index (χ4n) is 2.60. The molecule has 1 unspecified atom stereocenters. The lowest BCUT2D eigenvalue weighted by Gasteiger charge is -2.21. The molecule has 144 valence electrons. The van der Waals surface area contributed by atoms with Gasteiger partial charge in [0.2, 0.25) is 11.6 Å². The zero-order valence-corrected chi connectivity index (χ0v) is 15.3. The van der Waals surface area contributed by atoms with Crippen molar-refractivity contribution in [2.45, 2.75) is 32.9 Å². The van der Waals surface area contributed by atoms with Gasteiger partial charge in [-0.3, -0.25) is 5.10 Å². The van der Waals surface area contributed by atoms with E-state index < -0.39 is 0 Å². The van der Waals surface area contributed by atoms with Crippen molar-refractivity contribution in [3.05, 3.63) is 23.8 Å². The molecule has 0 amide bonds. The number of nitrogens with zero attached hydrogens (tertiary/aromatic N) is 4. The number of H-pyrrole nitrogens is 1. The Kier molecular flexibility index (Phi) is 5.26. The topological polar surface area (TPSA) is 152 Å². The number of aromatic nitrogens is 5. The number of phenolic OH excluding ortho intramolecular Hbond substituents is 2. The van der Waals surface area contributed by atoms with Crippen LogP contribution in [0.5, 0.6) is 11.5 Å². The number of hydrogen-bond donors (Lipinski definition) is 6. The van der Waals surface area contributed by atoms with Crippen LogP contribution in [0.1, 0.15) is 32.4 Å². The van der Waals surface area contributed by atoms with Gasteiger partial charge in [-0.05, 0) is 30.5 Å². The van der Waals surface area contributed by atoms with Crippen molar-refractivity contribution in [1.29, 1.82) is 0 Å². The summed E-state index contributed by atoms with van der Waals surface area (Å²) >= 11 is 0. The van der Waals surface area contributed by atoms with Gasteiger partial charge in [-0.25, -0.2) is 0 Å². The molecular weight excluding hydrogens is 350 g/mol. The monoisotopic (exact) mass is 373 g/mol. The molecule has 2 heterocycles. The van der Waals surface area contributed by atoms with Gasteiger partial charge in [0.15, 0.2) is 17.3 Å². The molecule has 3 aromatic rings. The maximum absolute atomic E-state index is 9.71. The molecular formula is C17H23N7O3. The van der Waals surface area contributed by atoms with E-state index in [1.807, 2.05) is 20.8 Å². The van der Waals surface area contributed by atoms with E-state index in [2.05, 4.69) is 36.0 Å². The molecule has 2 atom stereocenters. The lowest BCUT2D eigenvalue weighted by Crippen LogP contribution is -2.30.